The Labute approximate surface area is 202 Å². The van der Waals surface area contributed by atoms with E-state index in [0.717, 1.165) is 31.2 Å². The zero-order chi connectivity index (χ0) is 23.4. The molecular weight excluding hydrogens is 456 g/mol. The Morgan fingerprint density at radius 3 is 2.76 bits per heavy atom. The van der Waals surface area contributed by atoms with Gasteiger partial charge in [0.25, 0.3) is 5.56 Å². The predicted octanol–water partition coefficient (Wildman–Crippen LogP) is 5.51. The average molecular weight is 481 g/mol. The summed E-state index contributed by atoms with van der Waals surface area (Å²) in [5, 5.41) is 10.9. The van der Waals surface area contributed by atoms with Gasteiger partial charge in [0.1, 0.15) is 0 Å². The summed E-state index contributed by atoms with van der Waals surface area (Å²) >= 11 is 7.44. The van der Waals surface area contributed by atoms with Gasteiger partial charge in [0.05, 0.1) is 29.1 Å². The number of anilines is 1. The SMILES string of the molecule is Cc1cc(N(CCC#N)C(=O)CSc2nc3ccccc3c(=O)n2C2CCCC2)ccc1Cl. The summed E-state index contributed by atoms with van der Waals surface area (Å²) in [5.74, 6) is -0.0257. The molecule has 6 nitrogen and oxygen atoms in total. The van der Waals surface area contributed by atoms with Crippen LogP contribution in [0.15, 0.2) is 52.4 Å². The summed E-state index contributed by atoms with van der Waals surface area (Å²) in [6.45, 7) is 2.17. The molecule has 0 aliphatic heterocycles. The van der Waals surface area contributed by atoms with Gasteiger partial charge < -0.3 is 4.90 Å². The third-order valence-electron chi connectivity index (χ3n) is 5.99. The van der Waals surface area contributed by atoms with Crippen molar-refractivity contribution in [2.24, 2.45) is 0 Å². The number of nitriles is 1. The van der Waals surface area contributed by atoms with E-state index in [4.69, 9.17) is 21.8 Å². The first-order valence-electron chi connectivity index (χ1n) is 11.1. The van der Waals surface area contributed by atoms with Gasteiger partial charge in [-0.1, -0.05) is 48.3 Å². The first kappa shape index (κ1) is 23.3. The fourth-order valence-electron chi connectivity index (χ4n) is 4.27. The van der Waals surface area contributed by atoms with Crippen molar-refractivity contribution in [3.8, 4) is 6.07 Å². The number of benzene rings is 2. The minimum atomic E-state index is -0.141. The maximum Gasteiger partial charge on any atom is 0.262 e. The van der Waals surface area contributed by atoms with E-state index in [0.29, 0.717) is 26.8 Å². The summed E-state index contributed by atoms with van der Waals surface area (Å²) in [5.41, 5.74) is 2.17. The van der Waals surface area contributed by atoms with Crippen molar-refractivity contribution < 1.29 is 4.79 Å². The van der Waals surface area contributed by atoms with E-state index in [2.05, 4.69) is 6.07 Å². The van der Waals surface area contributed by atoms with Crippen LogP contribution in [0.5, 0.6) is 0 Å². The highest BCUT2D eigenvalue weighted by atomic mass is 35.5. The molecule has 0 N–H and O–H groups in total. The lowest BCUT2D eigenvalue weighted by Gasteiger charge is -2.23. The van der Waals surface area contributed by atoms with Crippen LogP contribution >= 0.6 is 23.4 Å². The first-order chi connectivity index (χ1) is 16.0. The van der Waals surface area contributed by atoms with E-state index in [1.54, 1.807) is 21.6 Å². The van der Waals surface area contributed by atoms with Crippen LogP contribution in [-0.4, -0.2) is 27.8 Å². The number of hydrogen-bond donors (Lipinski definition) is 0. The number of nitrogens with zero attached hydrogens (tertiary/aromatic N) is 4. The molecule has 0 spiro atoms. The number of fused-ring (bicyclic) bond motifs is 1. The van der Waals surface area contributed by atoms with Crippen molar-refractivity contribution in [2.45, 2.75) is 50.2 Å². The third kappa shape index (κ3) is 5.07. The molecule has 170 valence electrons. The van der Waals surface area contributed by atoms with Gasteiger partial charge in [0, 0.05) is 23.3 Å². The van der Waals surface area contributed by atoms with Crippen molar-refractivity contribution in [1.82, 2.24) is 9.55 Å². The molecule has 4 rings (SSSR count). The van der Waals surface area contributed by atoms with Gasteiger partial charge in [0.2, 0.25) is 5.91 Å². The van der Waals surface area contributed by atoms with E-state index in [-0.39, 0.29) is 36.2 Å². The standard InChI is InChI=1S/C25H25ClN4O2S/c1-17-15-19(11-12-21(17)26)29(14-6-13-27)23(31)16-33-25-28-22-10-5-4-9-20(22)24(32)30(25)18-7-2-3-8-18/h4-5,9-12,15,18H,2-3,6-8,14,16H2,1H3. The zero-order valence-corrected chi connectivity index (χ0v) is 20.0. The van der Waals surface area contributed by atoms with Crippen molar-refractivity contribution in [2.75, 3.05) is 17.2 Å². The molecule has 1 heterocycles. The minimum Gasteiger partial charge on any atom is -0.311 e. The highest BCUT2D eigenvalue weighted by Gasteiger charge is 2.24. The number of aryl methyl sites for hydroxylation is 1. The molecule has 33 heavy (non-hydrogen) atoms. The van der Waals surface area contributed by atoms with Crippen molar-refractivity contribution in [3.63, 3.8) is 0 Å². The van der Waals surface area contributed by atoms with Crippen LogP contribution in [0.1, 0.15) is 43.7 Å². The molecule has 0 radical (unpaired) electrons. The monoisotopic (exact) mass is 480 g/mol. The molecule has 1 aliphatic rings. The summed E-state index contributed by atoms with van der Waals surface area (Å²) in [4.78, 5) is 32.9. The second-order valence-corrected chi connectivity index (χ2v) is 9.55. The minimum absolute atomic E-state index is 0.0443. The van der Waals surface area contributed by atoms with E-state index < -0.39 is 0 Å². The van der Waals surface area contributed by atoms with E-state index in [1.807, 2.05) is 37.3 Å². The van der Waals surface area contributed by atoms with Gasteiger partial charge in [-0.05, 0) is 55.7 Å². The van der Waals surface area contributed by atoms with Gasteiger partial charge in [-0.2, -0.15) is 5.26 Å². The number of carbonyl (C=O) groups excluding carboxylic acids is 1. The number of para-hydroxylation sites is 1. The molecule has 1 fully saturated rings. The molecule has 2 aromatic carbocycles. The van der Waals surface area contributed by atoms with Gasteiger partial charge in [-0.25, -0.2) is 4.98 Å². The van der Waals surface area contributed by atoms with Gasteiger partial charge in [-0.15, -0.1) is 0 Å². The summed E-state index contributed by atoms with van der Waals surface area (Å²) in [6, 6.07) is 15.0. The normalized spacial score (nSPS) is 13.8. The molecule has 1 aliphatic carbocycles. The van der Waals surface area contributed by atoms with Crippen LogP contribution < -0.4 is 10.5 Å². The van der Waals surface area contributed by atoms with Gasteiger partial charge in [-0.3, -0.25) is 14.2 Å². The van der Waals surface area contributed by atoms with Crippen LogP contribution in [0.2, 0.25) is 5.02 Å². The largest absolute Gasteiger partial charge is 0.311 e. The van der Waals surface area contributed by atoms with Crippen molar-refractivity contribution >= 4 is 45.9 Å². The average Bonchev–Trinajstić information content (AvgIpc) is 3.34. The maximum atomic E-state index is 13.3. The molecule has 1 aromatic heterocycles. The number of amides is 1. The van der Waals surface area contributed by atoms with Crippen LogP contribution in [-0.2, 0) is 4.79 Å². The first-order valence-corrected chi connectivity index (χ1v) is 12.4. The predicted molar refractivity (Wildman–Crippen MR) is 133 cm³/mol. The Kier molecular flexibility index (Phi) is 7.36. The van der Waals surface area contributed by atoms with Gasteiger partial charge >= 0.3 is 0 Å². The zero-order valence-electron chi connectivity index (χ0n) is 18.5. The number of thioether (sulfide) groups is 1. The van der Waals surface area contributed by atoms with Gasteiger partial charge in [0.15, 0.2) is 5.16 Å². The Balaban J connectivity index is 1.63. The van der Waals surface area contributed by atoms with E-state index in [1.165, 1.54) is 11.8 Å². The highest BCUT2D eigenvalue weighted by molar-refractivity contribution is 7.99. The number of rotatable bonds is 7. The molecule has 8 heteroatoms. The summed E-state index contributed by atoms with van der Waals surface area (Å²) in [6.07, 6.45) is 4.29. The molecular formula is C25H25ClN4O2S. The number of aromatic nitrogens is 2. The second-order valence-electron chi connectivity index (χ2n) is 8.20. The quantitative estimate of drug-likeness (QED) is 0.329. The van der Waals surface area contributed by atoms with E-state index in [9.17, 15) is 9.59 Å². The molecule has 3 aromatic rings. The molecule has 0 unspecified atom stereocenters. The Bertz CT molecular complexity index is 1280. The van der Waals surface area contributed by atoms with Crippen LogP contribution in [0.3, 0.4) is 0 Å². The molecule has 1 saturated carbocycles. The summed E-state index contributed by atoms with van der Waals surface area (Å²) < 4.78 is 1.79. The molecule has 1 amide bonds. The van der Waals surface area contributed by atoms with Crippen LogP contribution in [0.4, 0.5) is 5.69 Å². The van der Waals surface area contributed by atoms with Crippen LogP contribution in [0.25, 0.3) is 10.9 Å². The highest BCUT2D eigenvalue weighted by Crippen LogP contribution is 2.32. The second kappa shape index (κ2) is 10.4. The number of carbonyl (C=O) groups is 1. The third-order valence-corrected chi connectivity index (χ3v) is 7.35. The molecule has 0 saturated heterocycles. The lowest BCUT2D eigenvalue weighted by Crippen LogP contribution is -2.34. The molecule has 0 bridgehead atoms. The van der Waals surface area contributed by atoms with Crippen LogP contribution in [0, 0.1) is 18.3 Å². The Morgan fingerprint density at radius 2 is 2.03 bits per heavy atom. The fraction of sp³-hybridized carbons (Fsp3) is 0.360. The Hall–Kier alpha value is -2.82. The maximum absolute atomic E-state index is 13.3. The topological polar surface area (TPSA) is 79.0 Å². The van der Waals surface area contributed by atoms with Crippen molar-refractivity contribution in [1.29, 1.82) is 5.26 Å². The Morgan fingerprint density at radius 1 is 1.27 bits per heavy atom. The smallest absolute Gasteiger partial charge is 0.262 e. The lowest BCUT2D eigenvalue weighted by molar-refractivity contribution is -0.116. The summed E-state index contributed by atoms with van der Waals surface area (Å²) in [7, 11) is 0. The number of halogens is 1. The number of hydrogen-bond acceptors (Lipinski definition) is 5. The lowest BCUT2D eigenvalue weighted by atomic mass is 10.2. The fourth-order valence-corrected chi connectivity index (χ4v) is 5.33. The van der Waals surface area contributed by atoms with E-state index >= 15 is 0 Å². The molecule has 0 atom stereocenters. The van der Waals surface area contributed by atoms with Crippen molar-refractivity contribution in [3.05, 3.63) is 63.4 Å².